The van der Waals surface area contributed by atoms with Crippen LogP contribution in [0.15, 0.2) is 24.5 Å². The monoisotopic (exact) mass is 221 g/mol. The maximum atomic E-state index is 11.4. The number of pyridine rings is 1. The molecule has 2 unspecified atom stereocenters. The van der Waals surface area contributed by atoms with E-state index in [0.717, 1.165) is 5.56 Å². The zero-order valence-corrected chi connectivity index (χ0v) is 9.17. The van der Waals surface area contributed by atoms with Crippen molar-refractivity contribution in [3.8, 4) is 0 Å². The number of hydrogen-bond acceptors (Lipinski definition) is 4. The lowest BCUT2D eigenvalue weighted by Crippen LogP contribution is -2.11. The molecule has 1 aromatic rings. The fourth-order valence-corrected chi connectivity index (χ4v) is 1.88. The van der Waals surface area contributed by atoms with E-state index < -0.39 is 6.10 Å². The first-order chi connectivity index (χ1) is 7.74. The molecule has 0 aromatic carbocycles. The molecular formula is C12H15NO3. The molecule has 4 nitrogen and oxygen atoms in total. The van der Waals surface area contributed by atoms with Gasteiger partial charge in [0.25, 0.3) is 0 Å². The van der Waals surface area contributed by atoms with Crippen LogP contribution in [-0.2, 0) is 9.53 Å². The number of aliphatic hydroxyl groups excluding tert-OH is 1. The van der Waals surface area contributed by atoms with Gasteiger partial charge in [-0.05, 0) is 25.0 Å². The lowest BCUT2D eigenvalue weighted by molar-refractivity contribution is -0.145. The molecule has 0 radical (unpaired) electrons. The van der Waals surface area contributed by atoms with E-state index in [2.05, 4.69) is 4.98 Å². The van der Waals surface area contributed by atoms with Crippen LogP contribution in [-0.4, -0.2) is 22.7 Å². The van der Waals surface area contributed by atoms with Gasteiger partial charge in [0.05, 0.1) is 18.6 Å². The second-order valence-corrected chi connectivity index (χ2v) is 3.99. The van der Waals surface area contributed by atoms with E-state index in [4.69, 9.17) is 4.74 Å². The van der Waals surface area contributed by atoms with Crippen LogP contribution in [0.4, 0.5) is 0 Å². The second kappa shape index (κ2) is 4.61. The van der Waals surface area contributed by atoms with Crippen LogP contribution in [0.5, 0.6) is 0 Å². The molecule has 1 aliphatic carbocycles. The van der Waals surface area contributed by atoms with Gasteiger partial charge in [-0.3, -0.25) is 9.78 Å². The van der Waals surface area contributed by atoms with Crippen molar-refractivity contribution in [1.29, 1.82) is 0 Å². The fraction of sp³-hybridized carbons (Fsp3) is 0.500. The maximum Gasteiger partial charge on any atom is 0.309 e. The van der Waals surface area contributed by atoms with Crippen LogP contribution in [0, 0.1) is 11.8 Å². The number of carbonyl (C=O) groups is 1. The average Bonchev–Trinajstić information content (AvgIpc) is 3.09. The molecule has 1 heterocycles. The van der Waals surface area contributed by atoms with Crippen molar-refractivity contribution in [3.63, 3.8) is 0 Å². The molecule has 0 bridgehead atoms. The first-order valence-electron chi connectivity index (χ1n) is 5.48. The van der Waals surface area contributed by atoms with E-state index in [0.29, 0.717) is 13.0 Å². The zero-order chi connectivity index (χ0) is 11.5. The van der Waals surface area contributed by atoms with E-state index in [1.54, 1.807) is 25.4 Å². The van der Waals surface area contributed by atoms with Crippen molar-refractivity contribution >= 4 is 5.97 Å². The minimum atomic E-state index is -0.608. The van der Waals surface area contributed by atoms with Crippen LogP contribution < -0.4 is 0 Å². The minimum Gasteiger partial charge on any atom is -0.466 e. The largest absolute Gasteiger partial charge is 0.466 e. The Morgan fingerprint density at radius 2 is 2.56 bits per heavy atom. The van der Waals surface area contributed by atoms with Crippen molar-refractivity contribution in [2.45, 2.75) is 19.4 Å². The molecule has 86 valence electrons. The highest BCUT2D eigenvalue weighted by Crippen LogP contribution is 2.47. The Kier molecular flexibility index (Phi) is 3.19. The Labute approximate surface area is 94.3 Å². The van der Waals surface area contributed by atoms with Gasteiger partial charge in [0.2, 0.25) is 0 Å². The molecule has 4 heteroatoms. The predicted molar refractivity (Wildman–Crippen MR) is 57.4 cm³/mol. The van der Waals surface area contributed by atoms with Gasteiger partial charge in [0.1, 0.15) is 0 Å². The van der Waals surface area contributed by atoms with Gasteiger partial charge in [-0.15, -0.1) is 0 Å². The third kappa shape index (κ3) is 2.22. The number of esters is 1. The van der Waals surface area contributed by atoms with Crippen molar-refractivity contribution in [3.05, 3.63) is 30.1 Å². The summed E-state index contributed by atoms with van der Waals surface area (Å²) in [5.74, 6) is -0.353. The molecule has 2 rings (SSSR count). The normalized spacial score (nSPS) is 24.9. The summed E-state index contributed by atoms with van der Waals surface area (Å²) in [4.78, 5) is 15.3. The zero-order valence-electron chi connectivity index (χ0n) is 9.17. The van der Waals surface area contributed by atoms with Crippen LogP contribution in [0.3, 0.4) is 0 Å². The molecule has 1 aliphatic rings. The molecule has 1 saturated carbocycles. The lowest BCUT2D eigenvalue weighted by atomic mass is 10.1. The highest BCUT2D eigenvalue weighted by Gasteiger charge is 2.48. The minimum absolute atomic E-state index is 0.0109. The number of rotatable bonds is 4. The van der Waals surface area contributed by atoms with E-state index in [9.17, 15) is 9.90 Å². The molecule has 0 aliphatic heterocycles. The Bertz CT molecular complexity index is 366. The Balaban J connectivity index is 1.94. The van der Waals surface area contributed by atoms with E-state index in [-0.39, 0.29) is 17.8 Å². The van der Waals surface area contributed by atoms with Gasteiger partial charge in [-0.2, -0.15) is 0 Å². The summed E-state index contributed by atoms with van der Waals surface area (Å²) in [6.45, 7) is 2.18. The Morgan fingerprint density at radius 1 is 1.75 bits per heavy atom. The van der Waals surface area contributed by atoms with Crippen molar-refractivity contribution in [2.24, 2.45) is 11.8 Å². The number of nitrogens with zero attached hydrogens (tertiary/aromatic N) is 1. The molecule has 0 spiro atoms. The summed E-state index contributed by atoms with van der Waals surface area (Å²) in [6.07, 6.45) is 3.38. The van der Waals surface area contributed by atoms with Gasteiger partial charge in [0, 0.05) is 18.3 Å². The SMILES string of the molecule is CCOC(=O)C1C[C@@H]1C(O)c1cccnc1. The number of aliphatic hydroxyl groups is 1. The Morgan fingerprint density at radius 3 is 3.19 bits per heavy atom. The molecular weight excluding hydrogens is 206 g/mol. The third-order valence-electron chi connectivity index (χ3n) is 2.86. The lowest BCUT2D eigenvalue weighted by Gasteiger charge is -2.09. The molecule has 1 fully saturated rings. The number of hydrogen-bond donors (Lipinski definition) is 1. The van der Waals surface area contributed by atoms with E-state index in [1.807, 2.05) is 6.07 Å². The van der Waals surface area contributed by atoms with E-state index in [1.165, 1.54) is 0 Å². The smallest absolute Gasteiger partial charge is 0.309 e. The molecule has 3 atom stereocenters. The first kappa shape index (κ1) is 11.1. The van der Waals surface area contributed by atoms with Gasteiger partial charge in [-0.25, -0.2) is 0 Å². The van der Waals surface area contributed by atoms with Gasteiger partial charge in [-0.1, -0.05) is 6.07 Å². The van der Waals surface area contributed by atoms with Crippen LogP contribution >= 0.6 is 0 Å². The van der Waals surface area contributed by atoms with E-state index >= 15 is 0 Å². The van der Waals surface area contributed by atoms with Crippen LogP contribution in [0.25, 0.3) is 0 Å². The van der Waals surface area contributed by atoms with Gasteiger partial charge >= 0.3 is 5.97 Å². The van der Waals surface area contributed by atoms with Gasteiger partial charge in [0.15, 0.2) is 0 Å². The molecule has 16 heavy (non-hydrogen) atoms. The highest BCUT2D eigenvalue weighted by atomic mass is 16.5. The molecule has 1 aromatic heterocycles. The summed E-state index contributed by atoms with van der Waals surface area (Å²) < 4.78 is 4.92. The van der Waals surface area contributed by atoms with Crippen molar-refractivity contribution < 1.29 is 14.6 Å². The highest BCUT2D eigenvalue weighted by molar-refractivity contribution is 5.75. The molecule has 0 saturated heterocycles. The average molecular weight is 221 g/mol. The quantitative estimate of drug-likeness (QED) is 0.779. The maximum absolute atomic E-state index is 11.4. The second-order valence-electron chi connectivity index (χ2n) is 3.99. The fourth-order valence-electron chi connectivity index (χ4n) is 1.88. The topological polar surface area (TPSA) is 59.4 Å². The number of carbonyl (C=O) groups excluding carboxylic acids is 1. The van der Waals surface area contributed by atoms with Gasteiger partial charge < -0.3 is 9.84 Å². The molecule has 1 N–H and O–H groups in total. The summed E-state index contributed by atoms with van der Waals surface area (Å²) in [7, 11) is 0. The van der Waals surface area contributed by atoms with Crippen LogP contribution in [0.2, 0.25) is 0 Å². The standard InChI is InChI=1S/C12H15NO3/c1-2-16-12(15)10-6-9(10)11(14)8-4-3-5-13-7-8/h3-5,7,9-11,14H,2,6H2,1H3/t9-,10?,11?/m0/s1. The first-order valence-corrected chi connectivity index (χ1v) is 5.48. The Hall–Kier alpha value is -1.42. The summed E-state index contributed by atoms with van der Waals surface area (Å²) in [5, 5.41) is 10.0. The molecule has 0 amide bonds. The third-order valence-corrected chi connectivity index (χ3v) is 2.86. The summed E-state index contributed by atoms with van der Waals surface area (Å²) in [6, 6.07) is 3.60. The van der Waals surface area contributed by atoms with Crippen molar-refractivity contribution in [1.82, 2.24) is 4.98 Å². The van der Waals surface area contributed by atoms with Crippen molar-refractivity contribution in [2.75, 3.05) is 6.61 Å². The summed E-state index contributed by atoms with van der Waals surface area (Å²) in [5.41, 5.74) is 0.763. The summed E-state index contributed by atoms with van der Waals surface area (Å²) >= 11 is 0. The predicted octanol–water partition coefficient (Wildman–Crippen LogP) is 1.31. The van der Waals surface area contributed by atoms with Crippen LogP contribution in [0.1, 0.15) is 25.0 Å². The number of aromatic nitrogens is 1. The number of ether oxygens (including phenoxy) is 1.